The molecule has 182 valence electrons. The minimum Gasteiger partial charge on any atom is -0.444 e. The lowest BCUT2D eigenvalue weighted by molar-refractivity contribution is -0.384. The summed E-state index contributed by atoms with van der Waals surface area (Å²) in [5, 5.41) is 10.8. The monoisotopic (exact) mass is 489 g/mol. The topological polar surface area (TPSA) is 128 Å². The smallest absolute Gasteiger partial charge is 0.412 e. The van der Waals surface area contributed by atoms with Crippen LogP contribution in [-0.2, 0) is 26.1 Å². The maximum atomic E-state index is 13.0. The van der Waals surface area contributed by atoms with Gasteiger partial charge in [-0.05, 0) is 44.5 Å². The third kappa shape index (κ3) is 6.19. The minimum atomic E-state index is -4.02. The van der Waals surface area contributed by atoms with Gasteiger partial charge in [-0.25, -0.2) is 17.9 Å². The van der Waals surface area contributed by atoms with Crippen LogP contribution in [0.5, 0.6) is 0 Å². The Bertz CT molecular complexity index is 1130. The van der Waals surface area contributed by atoms with Gasteiger partial charge in [0.1, 0.15) is 6.61 Å². The van der Waals surface area contributed by atoms with E-state index < -0.39 is 39.4 Å². The summed E-state index contributed by atoms with van der Waals surface area (Å²) in [6, 6.07) is 12.3. The van der Waals surface area contributed by atoms with Gasteiger partial charge in [-0.2, -0.15) is 0 Å². The third-order valence-corrected chi connectivity index (χ3v) is 6.67. The molecular weight excluding hydrogens is 462 g/mol. The second-order valence-corrected chi connectivity index (χ2v) is 9.76. The molecule has 34 heavy (non-hydrogen) atoms. The molecule has 3 atom stereocenters. The Morgan fingerprint density at radius 3 is 2.35 bits per heavy atom. The number of ether oxygens (including phenoxy) is 2. The SMILES string of the molecule is CC(C)O[C@H]1C=C[C@@H](NS(=O)(=O)c2ccc([N+](=O)[O-])cc2)[C@@H](C)N1C(=O)OCc1ccccc1. The summed E-state index contributed by atoms with van der Waals surface area (Å²) >= 11 is 0. The molecule has 1 aliphatic heterocycles. The molecule has 1 N–H and O–H groups in total. The quantitative estimate of drug-likeness (QED) is 0.341. The van der Waals surface area contributed by atoms with Crippen LogP contribution in [0.25, 0.3) is 0 Å². The highest BCUT2D eigenvalue weighted by Gasteiger charge is 2.38. The van der Waals surface area contributed by atoms with Gasteiger partial charge in [0.2, 0.25) is 10.0 Å². The van der Waals surface area contributed by atoms with Gasteiger partial charge in [0.05, 0.1) is 28.0 Å². The molecule has 0 saturated heterocycles. The van der Waals surface area contributed by atoms with E-state index in [9.17, 15) is 23.3 Å². The molecule has 11 heteroatoms. The first-order valence-electron chi connectivity index (χ1n) is 10.7. The maximum absolute atomic E-state index is 13.0. The number of nitrogens with one attached hydrogen (secondary N) is 1. The summed E-state index contributed by atoms with van der Waals surface area (Å²) in [7, 11) is -4.02. The number of sulfonamides is 1. The van der Waals surface area contributed by atoms with Crippen molar-refractivity contribution in [3.63, 3.8) is 0 Å². The molecule has 10 nitrogen and oxygen atoms in total. The number of hydrogen-bond acceptors (Lipinski definition) is 7. The number of amides is 1. The molecule has 0 saturated carbocycles. The number of carbonyl (C=O) groups excluding carboxylic acids is 1. The second kappa shape index (κ2) is 10.8. The molecule has 1 heterocycles. The predicted molar refractivity (Wildman–Crippen MR) is 124 cm³/mol. The largest absolute Gasteiger partial charge is 0.444 e. The van der Waals surface area contributed by atoms with Gasteiger partial charge >= 0.3 is 6.09 Å². The van der Waals surface area contributed by atoms with Crippen molar-refractivity contribution in [1.29, 1.82) is 0 Å². The molecule has 0 aliphatic carbocycles. The van der Waals surface area contributed by atoms with Crippen LogP contribution in [0, 0.1) is 10.1 Å². The number of carbonyl (C=O) groups is 1. The fourth-order valence-corrected chi connectivity index (χ4v) is 4.72. The second-order valence-electron chi connectivity index (χ2n) is 8.05. The van der Waals surface area contributed by atoms with E-state index in [1.165, 1.54) is 4.90 Å². The zero-order valence-electron chi connectivity index (χ0n) is 19.0. The van der Waals surface area contributed by atoms with Gasteiger partial charge in [-0.15, -0.1) is 0 Å². The van der Waals surface area contributed by atoms with Crippen LogP contribution in [0.4, 0.5) is 10.5 Å². The van der Waals surface area contributed by atoms with E-state index in [1.807, 2.05) is 44.2 Å². The van der Waals surface area contributed by atoms with E-state index in [1.54, 1.807) is 19.1 Å². The fraction of sp³-hybridized carbons (Fsp3) is 0.348. The zero-order chi connectivity index (χ0) is 24.9. The van der Waals surface area contributed by atoms with Crippen LogP contribution in [0.3, 0.4) is 0 Å². The Morgan fingerprint density at radius 2 is 1.76 bits per heavy atom. The van der Waals surface area contributed by atoms with Crippen molar-refractivity contribution in [3.05, 3.63) is 82.4 Å². The van der Waals surface area contributed by atoms with E-state index in [-0.39, 0.29) is 23.3 Å². The Hall–Kier alpha value is -3.28. The summed E-state index contributed by atoms with van der Waals surface area (Å²) in [6.45, 7) is 5.40. The van der Waals surface area contributed by atoms with Gasteiger partial charge in [0, 0.05) is 12.1 Å². The normalized spacial score (nSPS) is 20.4. The summed E-state index contributed by atoms with van der Waals surface area (Å²) < 4.78 is 39.7. The van der Waals surface area contributed by atoms with E-state index in [0.29, 0.717) is 0 Å². The first kappa shape index (κ1) is 25.3. The average molecular weight is 490 g/mol. The van der Waals surface area contributed by atoms with Gasteiger partial charge in [-0.1, -0.05) is 36.4 Å². The van der Waals surface area contributed by atoms with Gasteiger partial charge in [0.15, 0.2) is 6.23 Å². The Balaban J connectivity index is 1.79. The molecular formula is C23H27N3O7S. The predicted octanol–water partition coefficient (Wildman–Crippen LogP) is 3.59. The highest BCUT2D eigenvalue weighted by molar-refractivity contribution is 7.89. The molecule has 2 aromatic rings. The van der Waals surface area contributed by atoms with E-state index in [4.69, 9.17) is 9.47 Å². The van der Waals surface area contributed by atoms with Gasteiger partial charge < -0.3 is 9.47 Å². The molecule has 3 rings (SSSR count). The lowest BCUT2D eigenvalue weighted by atomic mass is 10.0. The average Bonchev–Trinajstić information content (AvgIpc) is 2.80. The number of hydrogen-bond donors (Lipinski definition) is 1. The van der Waals surface area contributed by atoms with Crippen molar-refractivity contribution in [2.45, 2.75) is 56.7 Å². The summed E-state index contributed by atoms with van der Waals surface area (Å²) in [4.78, 5) is 24.5. The number of nitro benzene ring substituents is 1. The molecule has 0 bridgehead atoms. The van der Waals surface area contributed by atoms with Crippen molar-refractivity contribution >= 4 is 21.8 Å². The number of benzene rings is 2. The van der Waals surface area contributed by atoms with Crippen molar-refractivity contribution in [2.24, 2.45) is 0 Å². The van der Waals surface area contributed by atoms with Crippen LogP contribution in [0.1, 0.15) is 26.3 Å². The van der Waals surface area contributed by atoms with Crippen LogP contribution >= 0.6 is 0 Å². The minimum absolute atomic E-state index is 0.0557. The maximum Gasteiger partial charge on any atom is 0.412 e. The lowest BCUT2D eigenvalue weighted by Gasteiger charge is -2.41. The molecule has 2 aromatic carbocycles. The summed E-state index contributed by atoms with van der Waals surface area (Å²) in [5.74, 6) is 0. The molecule has 0 unspecified atom stereocenters. The fourth-order valence-electron chi connectivity index (χ4n) is 3.46. The van der Waals surface area contributed by atoms with Crippen LogP contribution < -0.4 is 4.72 Å². The van der Waals surface area contributed by atoms with E-state index in [0.717, 1.165) is 29.8 Å². The lowest BCUT2D eigenvalue weighted by Crippen LogP contribution is -2.58. The van der Waals surface area contributed by atoms with Gasteiger partial charge in [0.25, 0.3) is 5.69 Å². The van der Waals surface area contributed by atoms with Crippen LogP contribution in [0.2, 0.25) is 0 Å². The van der Waals surface area contributed by atoms with Crippen molar-refractivity contribution in [3.8, 4) is 0 Å². The molecule has 0 radical (unpaired) electrons. The molecule has 0 fully saturated rings. The van der Waals surface area contributed by atoms with Crippen molar-refractivity contribution < 1.29 is 27.6 Å². The zero-order valence-corrected chi connectivity index (χ0v) is 19.8. The summed E-state index contributed by atoms with van der Waals surface area (Å²) in [6.07, 6.45) is 1.65. The van der Waals surface area contributed by atoms with Crippen LogP contribution in [0.15, 0.2) is 71.6 Å². The number of nitrogens with zero attached hydrogens (tertiary/aromatic N) is 2. The van der Waals surface area contributed by atoms with Crippen LogP contribution in [-0.4, -0.2) is 48.7 Å². The molecule has 1 amide bonds. The Kier molecular flexibility index (Phi) is 8.02. The molecule has 0 spiro atoms. The highest BCUT2D eigenvalue weighted by Crippen LogP contribution is 2.24. The number of non-ortho nitro benzene ring substituents is 1. The van der Waals surface area contributed by atoms with E-state index in [2.05, 4.69) is 4.72 Å². The molecule has 0 aromatic heterocycles. The van der Waals surface area contributed by atoms with E-state index >= 15 is 0 Å². The third-order valence-electron chi connectivity index (χ3n) is 5.19. The first-order chi connectivity index (χ1) is 16.1. The Labute approximate surface area is 198 Å². The summed E-state index contributed by atoms with van der Waals surface area (Å²) in [5.41, 5.74) is 0.596. The van der Waals surface area contributed by atoms with Gasteiger partial charge in [-0.3, -0.25) is 15.0 Å². The first-order valence-corrected chi connectivity index (χ1v) is 12.2. The Morgan fingerprint density at radius 1 is 1.12 bits per heavy atom. The molecule has 1 aliphatic rings. The standard InChI is InChI=1S/C23H27N3O7S/c1-16(2)33-22-14-13-21(24-34(30,31)20-11-9-19(10-12-20)26(28)29)17(3)25(22)23(27)32-15-18-7-5-4-6-8-18/h4-14,16-17,21-22,24H,15H2,1-3H3/t17-,21-,22+/m1/s1. The van der Waals surface area contributed by atoms with Crippen molar-refractivity contribution in [1.82, 2.24) is 9.62 Å². The number of rotatable bonds is 8. The van der Waals surface area contributed by atoms with Crippen molar-refractivity contribution in [2.75, 3.05) is 0 Å². The number of nitro groups is 1. The highest BCUT2D eigenvalue weighted by atomic mass is 32.2.